The molecule has 1 rings (SSSR count). The molecule has 0 aromatic carbocycles. The number of alkyl carbamates (subject to hydrolysis) is 1. The van der Waals surface area contributed by atoms with Gasteiger partial charge in [0.25, 0.3) is 0 Å². The van der Waals surface area contributed by atoms with Crippen molar-refractivity contribution in [2.75, 3.05) is 0 Å². The Bertz CT molecular complexity index is 562. The minimum atomic E-state index is -1.26. The van der Waals surface area contributed by atoms with Gasteiger partial charge in [-0.1, -0.05) is 4.98 Å². The zero-order valence-electron chi connectivity index (χ0n) is 12.5. The fourth-order valence-electron chi connectivity index (χ4n) is 1.62. The van der Waals surface area contributed by atoms with Gasteiger partial charge in [-0.25, -0.2) is 14.2 Å². The summed E-state index contributed by atoms with van der Waals surface area (Å²) in [6.45, 7) is 4.97. The molecular formula is C12H18N4O6. The highest BCUT2D eigenvalue weighted by Gasteiger charge is 2.25. The van der Waals surface area contributed by atoms with Gasteiger partial charge in [-0.3, -0.25) is 0 Å². The van der Waals surface area contributed by atoms with Crippen molar-refractivity contribution < 1.29 is 24.4 Å². The normalized spacial score (nSPS) is 12.5. The van der Waals surface area contributed by atoms with Gasteiger partial charge in [0, 0.05) is 6.42 Å². The summed E-state index contributed by atoms with van der Waals surface area (Å²) in [6, 6.07) is -1.23. The van der Waals surface area contributed by atoms with Crippen LogP contribution in [0.4, 0.5) is 10.7 Å². The van der Waals surface area contributed by atoms with Crippen LogP contribution in [0.3, 0.4) is 0 Å². The van der Waals surface area contributed by atoms with Crippen LogP contribution in [-0.4, -0.2) is 43.3 Å². The number of carbonyl (C=O) groups excluding carboxylic acids is 1. The number of hydrogen-bond acceptors (Lipinski definition) is 6. The molecule has 0 aliphatic heterocycles. The van der Waals surface area contributed by atoms with Gasteiger partial charge in [0.15, 0.2) is 0 Å². The zero-order valence-corrected chi connectivity index (χ0v) is 12.5. The molecule has 1 amide bonds. The van der Waals surface area contributed by atoms with Gasteiger partial charge < -0.3 is 25.3 Å². The molecule has 0 saturated heterocycles. The summed E-state index contributed by atoms with van der Waals surface area (Å²) >= 11 is 0. The molecule has 1 aromatic heterocycles. The number of carboxylic acid groups (broad SMARTS) is 1. The third kappa shape index (κ3) is 5.38. The third-order valence-corrected chi connectivity index (χ3v) is 2.50. The Balaban J connectivity index is 2.65. The van der Waals surface area contributed by atoms with E-state index in [1.165, 1.54) is 17.0 Å². The number of aromatic nitrogens is 2. The van der Waals surface area contributed by atoms with E-state index in [4.69, 9.17) is 9.84 Å². The van der Waals surface area contributed by atoms with E-state index in [0.29, 0.717) is 0 Å². The number of hydrogen-bond donors (Lipinski definition) is 2. The second-order valence-electron chi connectivity index (χ2n) is 5.50. The van der Waals surface area contributed by atoms with Gasteiger partial charge in [0.2, 0.25) is 0 Å². The van der Waals surface area contributed by atoms with Crippen LogP contribution in [-0.2, 0) is 16.1 Å². The van der Waals surface area contributed by atoms with Crippen LogP contribution >= 0.6 is 0 Å². The molecule has 1 aromatic rings. The first-order valence-corrected chi connectivity index (χ1v) is 6.48. The average Bonchev–Trinajstić information content (AvgIpc) is 2.80. The number of carboxylic acids is 1. The minimum absolute atomic E-state index is 0.0169. The van der Waals surface area contributed by atoms with Gasteiger partial charge in [-0.15, -0.1) is 0 Å². The van der Waals surface area contributed by atoms with Crippen LogP contribution in [0.2, 0.25) is 0 Å². The van der Waals surface area contributed by atoms with Gasteiger partial charge in [0.05, 0.1) is 6.54 Å². The summed E-state index contributed by atoms with van der Waals surface area (Å²) in [5, 5.41) is 22.0. The smallest absolute Gasteiger partial charge is 0.434 e. The third-order valence-electron chi connectivity index (χ3n) is 2.50. The standard InChI is InChI=1S/C12H18N4O6/c1-12(2,3)22-11(19)14-8(9(17)18)4-6-15-7-5-13-10(15)16(20)21/h5,7-8H,4,6H2,1-3H3,(H,14,19)(H,17,18). The molecular weight excluding hydrogens is 296 g/mol. The van der Waals surface area contributed by atoms with E-state index in [0.717, 1.165) is 0 Å². The molecule has 122 valence electrons. The number of nitrogens with zero attached hydrogens (tertiary/aromatic N) is 3. The van der Waals surface area contributed by atoms with E-state index in [-0.39, 0.29) is 18.9 Å². The summed E-state index contributed by atoms with van der Waals surface area (Å²) in [6.07, 6.45) is 1.70. The van der Waals surface area contributed by atoms with Crippen LogP contribution in [0.1, 0.15) is 27.2 Å². The van der Waals surface area contributed by atoms with Gasteiger partial charge in [-0.2, -0.15) is 0 Å². The summed E-state index contributed by atoms with van der Waals surface area (Å²) in [7, 11) is 0. The maximum absolute atomic E-state index is 11.6. The number of aryl methyl sites for hydroxylation is 1. The second kappa shape index (κ2) is 6.87. The number of nitro groups is 1. The first-order chi connectivity index (χ1) is 10.1. The topological polar surface area (TPSA) is 137 Å². The predicted molar refractivity (Wildman–Crippen MR) is 74.3 cm³/mol. The molecule has 0 aliphatic rings. The van der Waals surface area contributed by atoms with Crippen LogP contribution in [0.25, 0.3) is 0 Å². The van der Waals surface area contributed by atoms with E-state index in [1.807, 2.05) is 0 Å². The predicted octanol–water partition coefficient (Wildman–Crippen LogP) is 1.16. The second-order valence-corrected chi connectivity index (χ2v) is 5.50. The van der Waals surface area contributed by atoms with Crippen molar-refractivity contribution in [2.24, 2.45) is 0 Å². The molecule has 1 unspecified atom stereocenters. The molecule has 0 aliphatic carbocycles. The Morgan fingerprint density at radius 2 is 2.18 bits per heavy atom. The summed E-state index contributed by atoms with van der Waals surface area (Å²) < 4.78 is 6.18. The van der Waals surface area contributed by atoms with E-state index < -0.39 is 28.6 Å². The maximum atomic E-state index is 11.6. The van der Waals surface area contributed by atoms with Crippen molar-refractivity contribution in [3.05, 3.63) is 22.5 Å². The lowest BCUT2D eigenvalue weighted by molar-refractivity contribution is -0.396. The van der Waals surface area contributed by atoms with Crippen molar-refractivity contribution in [2.45, 2.75) is 45.4 Å². The van der Waals surface area contributed by atoms with Crippen molar-refractivity contribution in [3.8, 4) is 0 Å². The van der Waals surface area contributed by atoms with Crippen molar-refractivity contribution in [1.29, 1.82) is 0 Å². The fourth-order valence-corrected chi connectivity index (χ4v) is 1.62. The molecule has 2 N–H and O–H groups in total. The first-order valence-electron chi connectivity index (χ1n) is 6.48. The van der Waals surface area contributed by atoms with E-state index in [1.54, 1.807) is 20.8 Å². The molecule has 1 heterocycles. The molecule has 0 saturated carbocycles. The highest BCUT2D eigenvalue weighted by atomic mass is 16.6. The largest absolute Gasteiger partial charge is 0.480 e. The monoisotopic (exact) mass is 314 g/mol. The highest BCUT2D eigenvalue weighted by molar-refractivity contribution is 5.79. The first kappa shape index (κ1) is 17.4. The summed E-state index contributed by atoms with van der Waals surface area (Å²) in [4.78, 5) is 36.3. The summed E-state index contributed by atoms with van der Waals surface area (Å²) in [5.74, 6) is -1.64. The Labute approximate surface area is 126 Å². The lowest BCUT2D eigenvalue weighted by Crippen LogP contribution is -2.44. The maximum Gasteiger partial charge on any atom is 0.434 e. The van der Waals surface area contributed by atoms with Crippen LogP contribution in [0.5, 0.6) is 0 Å². The quantitative estimate of drug-likeness (QED) is 0.593. The molecule has 0 radical (unpaired) electrons. The number of imidazole rings is 1. The average molecular weight is 314 g/mol. The number of carbonyl (C=O) groups is 2. The number of aliphatic carboxylic acids is 1. The van der Waals surface area contributed by atoms with Gasteiger partial charge in [0.1, 0.15) is 24.0 Å². The van der Waals surface area contributed by atoms with Gasteiger partial charge >= 0.3 is 18.0 Å². The van der Waals surface area contributed by atoms with Crippen LogP contribution in [0.15, 0.2) is 12.4 Å². The molecule has 22 heavy (non-hydrogen) atoms. The van der Waals surface area contributed by atoms with E-state index in [2.05, 4.69) is 10.3 Å². The SMILES string of the molecule is CC(C)(C)OC(=O)NC(CCn1ccnc1[N+](=O)[O-])C(=O)O. The van der Waals surface area contributed by atoms with E-state index in [9.17, 15) is 19.7 Å². The zero-order chi connectivity index (χ0) is 16.9. The Hall–Kier alpha value is -2.65. The fraction of sp³-hybridized carbons (Fsp3) is 0.583. The Morgan fingerprint density at radius 3 is 2.68 bits per heavy atom. The highest BCUT2D eigenvalue weighted by Crippen LogP contribution is 2.10. The van der Waals surface area contributed by atoms with E-state index >= 15 is 0 Å². The molecule has 0 fully saturated rings. The minimum Gasteiger partial charge on any atom is -0.480 e. The Morgan fingerprint density at radius 1 is 1.55 bits per heavy atom. The molecule has 10 nitrogen and oxygen atoms in total. The lowest BCUT2D eigenvalue weighted by Gasteiger charge is -2.21. The van der Waals surface area contributed by atoms with Crippen molar-refractivity contribution >= 4 is 18.0 Å². The number of ether oxygens (including phenoxy) is 1. The molecule has 0 spiro atoms. The van der Waals surface area contributed by atoms with Crippen LogP contribution in [0, 0.1) is 10.1 Å². The molecule has 1 atom stereocenters. The Kier molecular flexibility index (Phi) is 5.44. The number of nitrogens with one attached hydrogen (secondary N) is 1. The van der Waals surface area contributed by atoms with Crippen LogP contribution < -0.4 is 5.32 Å². The van der Waals surface area contributed by atoms with Gasteiger partial charge in [-0.05, 0) is 25.7 Å². The van der Waals surface area contributed by atoms with Crippen molar-refractivity contribution in [3.63, 3.8) is 0 Å². The van der Waals surface area contributed by atoms with Crippen molar-refractivity contribution in [1.82, 2.24) is 14.9 Å². The number of rotatable bonds is 6. The lowest BCUT2D eigenvalue weighted by atomic mass is 10.2. The molecule has 0 bridgehead atoms. The number of amides is 1. The summed E-state index contributed by atoms with van der Waals surface area (Å²) in [5.41, 5.74) is -0.754. The molecule has 10 heteroatoms.